The molecule has 1 unspecified atom stereocenters. The van der Waals surface area contributed by atoms with E-state index >= 15 is 0 Å². The average Bonchev–Trinajstić information content (AvgIpc) is 2.66. The molecule has 1 aromatic rings. The summed E-state index contributed by atoms with van der Waals surface area (Å²) in [6, 6.07) is 4.19. The first kappa shape index (κ1) is 12.1. The molecule has 1 heterocycles. The van der Waals surface area contributed by atoms with Gasteiger partial charge in [0.2, 0.25) is 0 Å². The predicted octanol–water partition coefficient (Wildman–Crippen LogP) is 4.23. The minimum atomic E-state index is -0.610. The Balaban J connectivity index is 2.01. The van der Waals surface area contributed by atoms with Gasteiger partial charge in [0.1, 0.15) is 0 Å². The first-order valence-electron chi connectivity index (χ1n) is 6.37. The van der Waals surface area contributed by atoms with Crippen molar-refractivity contribution in [3.63, 3.8) is 0 Å². The molecule has 1 aliphatic rings. The first-order chi connectivity index (χ1) is 7.58. The van der Waals surface area contributed by atoms with Crippen molar-refractivity contribution in [2.24, 2.45) is 5.92 Å². The highest BCUT2D eigenvalue weighted by Gasteiger charge is 2.29. The minimum absolute atomic E-state index is 0.610. The molecule has 0 aliphatic heterocycles. The van der Waals surface area contributed by atoms with E-state index in [0.717, 1.165) is 17.2 Å². The van der Waals surface area contributed by atoms with Crippen LogP contribution in [0.15, 0.2) is 12.1 Å². The normalized spacial score (nSPS) is 21.9. The van der Waals surface area contributed by atoms with Gasteiger partial charge >= 0.3 is 0 Å². The summed E-state index contributed by atoms with van der Waals surface area (Å²) in [5, 5.41) is 10.6. The highest BCUT2D eigenvalue weighted by Crippen LogP contribution is 2.37. The lowest BCUT2D eigenvalue weighted by molar-refractivity contribution is 0.0272. The smallest absolute Gasteiger partial charge is 0.0962 e. The number of hydrogen-bond donors (Lipinski definition) is 1. The summed E-state index contributed by atoms with van der Waals surface area (Å²) in [6.45, 7) is 4.08. The maximum atomic E-state index is 10.6. The quantitative estimate of drug-likeness (QED) is 0.835. The van der Waals surface area contributed by atoms with Crippen LogP contribution in [0.2, 0.25) is 0 Å². The SMILES string of the molecule is Cc1ccc(C(C)(O)CC2CCCCC2)s1. The van der Waals surface area contributed by atoms with Gasteiger partial charge in [0.15, 0.2) is 0 Å². The van der Waals surface area contributed by atoms with E-state index in [1.54, 1.807) is 11.3 Å². The zero-order valence-electron chi connectivity index (χ0n) is 10.3. The molecule has 1 aliphatic carbocycles. The molecule has 0 saturated heterocycles. The fraction of sp³-hybridized carbons (Fsp3) is 0.714. The van der Waals surface area contributed by atoms with Crippen LogP contribution in [0.3, 0.4) is 0 Å². The lowest BCUT2D eigenvalue weighted by atomic mass is 9.81. The third-order valence-electron chi connectivity index (χ3n) is 3.68. The van der Waals surface area contributed by atoms with Gasteiger partial charge in [0, 0.05) is 9.75 Å². The fourth-order valence-corrected chi connectivity index (χ4v) is 3.70. The largest absolute Gasteiger partial charge is 0.385 e. The van der Waals surface area contributed by atoms with E-state index in [0.29, 0.717) is 0 Å². The van der Waals surface area contributed by atoms with Crippen LogP contribution in [0, 0.1) is 12.8 Å². The first-order valence-corrected chi connectivity index (χ1v) is 7.19. The van der Waals surface area contributed by atoms with E-state index in [4.69, 9.17) is 0 Å². The zero-order chi connectivity index (χ0) is 11.6. The molecule has 1 aromatic heterocycles. The number of aliphatic hydroxyl groups is 1. The Morgan fingerprint density at radius 1 is 1.31 bits per heavy atom. The Labute approximate surface area is 103 Å². The third-order valence-corrected chi connectivity index (χ3v) is 4.94. The summed E-state index contributed by atoms with van der Waals surface area (Å²) in [4.78, 5) is 2.43. The minimum Gasteiger partial charge on any atom is -0.385 e. The Morgan fingerprint density at radius 3 is 2.56 bits per heavy atom. The van der Waals surface area contributed by atoms with Crippen LogP contribution in [0.1, 0.15) is 55.2 Å². The zero-order valence-corrected chi connectivity index (χ0v) is 11.1. The number of aryl methyl sites for hydroxylation is 1. The second-order valence-corrected chi connectivity index (χ2v) is 6.68. The summed E-state index contributed by atoms with van der Waals surface area (Å²) in [7, 11) is 0. The van der Waals surface area contributed by atoms with E-state index in [-0.39, 0.29) is 0 Å². The molecule has 1 atom stereocenters. The molecule has 0 amide bonds. The molecular weight excluding hydrogens is 216 g/mol. The van der Waals surface area contributed by atoms with Crippen molar-refractivity contribution >= 4 is 11.3 Å². The number of rotatable bonds is 3. The lowest BCUT2D eigenvalue weighted by Crippen LogP contribution is -2.25. The monoisotopic (exact) mass is 238 g/mol. The Bertz CT molecular complexity index is 334. The summed E-state index contributed by atoms with van der Waals surface area (Å²) >= 11 is 1.73. The van der Waals surface area contributed by atoms with Crippen LogP contribution in [0.4, 0.5) is 0 Å². The molecule has 0 spiro atoms. The summed E-state index contributed by atoms with van der Waals surface area (Å²) in [5.74, 6) is 0.728. The summed E-state index contributed by atoms with van der Waals surface area (Å²) in [6.07, 6.45) is 7.64. The van der Waals surface area contributed by atoms with Gasteiger partial charge in [-0.25, -0.2) is 0 Å². The molecule has 1 fully saturated rings. The van der Waals surface area contributed by atoms with Crippen LogP contribution in [0.5, 0.6) is 0 Å². The fourth-order valence-electron chi connectivity index (χ4n) is 2.78. The number of hydrogen-bond acceptors (Lipinski definition) is 2. The van der Waals surface area contributed by atoms with Gasteiger partial charge in [0.05, 0.1) is 5.60 Å². The van der Waals surface area contributed by atoms with Gasteiger partial charge < -0.3 is 5.11 Å². The van der Waals surface area contributed by atoms with Crippen molar-refractivity contribution < 1.29 is 5.11 Å². The summed E-state index contributed by atoms with van der Waals surface area (Å²) in [5.41, 5.74) is -0.610. The maximum absolute atomic E-state index is 10.6. The number of thiophene rings is 1. The van der Waals surface area contributed by atoms with Gasteiger partial charge in [-0.2, -0.15) is 0 Å². The second kappa shape index (κ2) is 4.89. The molecule has 0 bridgehead atoms. The molecule has 0 radical (unpaired) electrons. The molecule has 0 aromatic carbocycles. The molecular formula is C14H22OS. The van der Waals surface area contributed by atoms with E-state index in [9.17, 15) is 5.11 Å². The van der Waals surface area contributed by atoms with Crippen LogP contribution >= 0.6 is 11.3 Å². The van der Waals surface area contributed by atoms with Crippen LogP contribution < -0.4 is 0 Å². The van der Waals surface area contributed by atoms with Crippen molar-refractivity contribution in [1.29, 1.82) is 0 Å². The van der Waals surface area contributed by atoms with E-state index in [1.165, 1.54) is 37.0 Å². The third kappa shape index (κ3) is 2.86. The van der Waals surface area contributed by atoms with Gasteiger partial charge in [-0.3, -0.25) is 0 Å². The highest BCUT2D eigenvalue weighted by atomic mass is 32.1. The van der Waals surface area contributed by atoms with E-state index in [2.05, 4.69) is 19.1 Å². The van der Waals surface area contributed by atoms with Gasteiger partial charge in [0.25, 0.3) is 0 Å². The Hall–Kier alpha value is -0.340. The standard InChI is InChI=1S/C14H22OS/c1-11-8-9-13(16-11)14(2,15)10-12-6-4-3-5-7-12/h8-9,12,15H,3-7,10H2,1-2H3. The topological polar surface area (TPSA) is 20.2 Å². The van der Waals surface area contributed by atoms with Crippen molar-refractivity contribution in [2.75, 3.05) is 0 Å². The molecule has 16 heavy (non-hydrogen) atoms. The maximum Gasteiger partial charge on any atom is 0.0962 e. The Kier molecular flexibility index (Phi) is 3.70. The van der Waals surface area contributed by atoms with Crippen molar-refractivity contribution in [3.8, 4) is 0 Å². The van der Waals surface area contributed by atoms with Gasteiger partial charge in [-0.1, -0.05) is 32.1 Å². The van der Waals surface area contributed by atoms with Crippen molar-refractivity contribution in [3.05, 3.63) is 21.9 Å². The predicted molar refractivity (Wildman–Crippen MR) is 69.8 cm³/mol. The highest BCUT2D eigenvalue weighted by molar-refractivity contribution is 7.12. The molecule has 90 valence electrons. The second-order valence-electron chi connectivity index (χ2n) is 5.39. The van der Waals surface area contributed by atoms with Crippen LogP contribution in [-0.4, -0.2) is 5.11 Å². The van der Waals surface area contributed by atoms with E-state index in [1.807, 2.05) is 6.92 Å². The average molecular weight is 238 g/mol. The molecule has 1 N–H and O–H groups in total. The van der Waals surface area contributed by atoms with Crippen molar-refractivity contribution in [1.82, 2.24) is 0 Å². The van der Waals surface area contributed by atoms with Crippen LogP contribution in [-0.2, 0) is 5.60 Å². The molecule has 2 rings (SSSR count). The lowest BCUT2D eigenvalue weighted by Gasteiger charge is -2.30. The van der Waals surface area contributed by atoms with E-state index < -0.39 is 5.60 Å². The van der Waals surface area contributed by atoms with Crippen LogP contribution in [0.25, 0.3) is 0 Å². The Morgan fingerprint density at radius 2 is 2.00 bits per heavy atom. The molecule has 1 nitrogen and oxygen atoms in total. The van der Waals surface area contributed by atoms with Gasteiger partial charge in [-0.05, 0) is 38.3 Å². The molecule has 2 heteroatoms. The van der Waals surface area contributed by atoms with Gasteiger partial charge in [-0.15, -0.1) is 11.3 Å². The summed E-state index contributed by atoms with van der Waals surface area (Å²) < 4.78 is 0. The molecule has 1 saturated carbocycles. The van der Waals surface area contributed by atoms with Crippen molar-refractivity contribution in [2.45, 2.75) is 58.0 Å².